The number of fused-ring (bicyclic) bond motifs is 1. The standard InChI is InChI=1S/C56H46N2O4/c1-27(2)33-16-12-17-34(28(3)4)51(33)57-53(59)39-22-20-37-38-21-23-40-47-44(56(62)58(54(40)60)52-35(29(5)6)18-13-19-36(52)30(7)8)26-42-41(31-14-10-9-11-15-31)24-32-25-43(55(57)61)46(39)48(37)45(32)50(42)49(38)47/h9-30H,1-8H3. The van der Waals surface area contributed by atoms with Crippen LogP contribution >= 0.6 is 0 Å². The molecule has 0 saturated carbocycles. The summed E-state index contributed by atoms with van der Waals surface area (Å²) in [6, 6.07) is 36.1. The lowest BCUT2D eigenvalue weighted by Crippen LogP contribution is -2.34. The molecule has 9 aromatic carbocycles. The van der Waals surface area contributed by atoms with Crippen molar-refractivity contribution < 1.29 is 0 Å². The van der Waals surface area contributed by atoms with Gasteiger partial charge in [-0.05, 0) is 130 Å². The zero-order valence-electron chi connectivity index (χ0n) is 36.2. The molecule has 0 fully saturated rings. The molecule has 0 aliphatic carbocycles. The van der Waals surface area contributed by atoms with Gasteiger partial charge in [-0.3, -0.25) is 19.2 Å². The molecule has 0 unspecified atom stereocenters. The molecule has 0 amide bonds. The van der Waals surface area contributed by atoms with E-state index in [-0.39, 0.29) is 45.9 Å². The van der Waals surface area contributed by atoms with Crippen LogP contribution < -0.4 is 22.2 Å². The number of para-hydroxylation sites is 2. The molecule has 0 bridgehead atoms. The highest BCUT2D eigenvalue weighted by molar-refractivity contribution is 6.46. The molecule has 0 spiro atoms. The van der Waals surface area contributed by atoms with Gasteiger partial charge in [0.2, 0.25) is 0 Å². The van der Waals surface area contributed by atoms with Crippen LogP contribution in [0.5, 0.6) is 0 Å². The van der Waals surface area contributed by atoms with Crippen molar-refractivity contribution in [3.05, 3.63) is 173 Å². The van der Waals surface area contributed by atoms with Crippen LogP contribution in [0.3, 0.4) is 0 Å². The number of hydrogen-bond donors (Lipinski definition) is 0. The Hall–Kier alpha value is -6.92. The summed E-state index contributed by atoms with van der Waals surface area (Å²) < 4.78 is 2.87. The van der Waals surface area contributed by atoms with Gasteiger partial charge in [-0.2, -0.15) is 0 Å². The predicted octanol–water partition coefficient (Wildman–Crippen LogP) is 12.7. The first-order valence-corrected chi connectivity index (χ1v) is 21.9. The van der Waals surface area contributed by atoms with Crippen molar-refractivity contribution in [2.45, 2.75) is 79.1 Å². The molecule has 304 valence electrons. The van der Waals surface area contributed by atoms with Crippen LogP contribution in [-0.2, 0) is 0 Å². The minimum absolute atomic E-state index is 0.0694. The van der Waals surface area contributed by atoms with Crippen LogP contribution in [0.15, 0.2) is 128 Å². The first-order valence-electron chi connectivity index (χ1n) is 21.9. The van der Waals surface area contributed by atoms with Crippen LogP contribution in [0.4, 0.5) is 0 Å². The molecule has 2 aromatic heterocycles. The van der Waals surface area contributed by atoms with Gasteiger partial charge in [0.25, 0.3) is 22.2 Å². The van der Waals surface area contributed by atoms with E-state index in [1.165, 1.54) is 9.13 Å². The van der Waals surface area contributed by atoms with E-state index in [1.54, 1.807) is 0 Å². The number of pyridine rings is 2. The second-order valence-electron chi connectivity index (χ2n) is 18.6. The summed E-state index contributed by atoms with van der Waals surface area (Å²) >= 11 is 0. The van der Waals surface area contributed by atoms with Gasteiger partial charge in [0.15, 0.2) is 0 Å². The van der Waals surface area contributed by atoms with Gasteiger partial charge >= 0.3 is 0 Å². The Morgan fingerprint density at radius 1 is 0.339 bits per heavy atom. The lowest BCUT2D eigenvalue weighted by atomic mass is 9.80. The van der Waals surface area contributed by atoms with Crippen molar-refractivity contribution in [2.24, 2.45) is 0 Å². The fraction of sp³-hybridized carbons (Fsp3) is 0.214. The fourth-order valence-electron chi connectivity index (χ4n) is 10.9. The van der Waals surface area contributed by atoms with Gasteiger partial charge in [0, 0.05) is 32.3 Å². The van der Waals surface area contributed by atoms with Crippen molar-refractivity contribution in [1.29, 1.82) is 0 Å². The lowest BCUT2D eigenvalue weighted by Gasteiger charge is -2.25. The Kier molecular flexibility index (Phi) is 8.15. The topological polar surface area (TPSA) is 78.1 Å². The second kappa shape index (κ2) is 13.3. The Balaban J connectivity index is 1.37. The monoisotopic (exact) mass is 810 g/mol. The molecular weight excluding hydrogens is 765 g/mol. The summed E-state index contributed by atoms with van der Waals surface area (Å²) in [4.78, 5) is 60.7. The van der Waals surface area contributed by atoms with E-state index in [2.05, 4.69) is 73.6 Å². The molecule has 0 aliphatic heterocycles. The summed E-state index contributed by atoms with van der Waals surface area (Å²) in [6.45, 7) is 16.8. The smallest absolute Gasteiger partial charge is 0.266 e. The predicted molar refractivity (Wildman–Crippen MR) is 259 cm³/mol. The zero-order chi connectivity index (χ0) is 43.2. The highest BCUT2D eigenvalue weighted by Crippen LogP contribution is 2.50. The number of rotatable bonds is 7. The van der Waals surface area contributed by atoms with Crippen LogP contribution in [0.1, 0.15) is 101 Å². The van der Waals surface area contributed by atoms with Gasteiger partial charge in [0.1, 0.15) is 0 Å². The number of nitrogens with zero attached hydrogens (tertiary/aromatic N) is 2. The Bertz CT molecular complexity index is 3840. The van der Waals surface area contributed by atoms with Crippen LogP contribution in [-0.4, -0.2) is 9.13 Å². The van der Waals surface area contributed by atoms with E-state index >= 15 is 19.2 Å². The SMILES string of the molecule is CC(C)c1cccc(C(C)C)c1-n1c(=O)c2ccc3c4ccc5c(=O)n(-c6c(C(C)C)cccc6C(C)C)c(=O)c6cc7c(-c8ccccc8)cc8cc(c1=O)c2c3c8c7c4c56. The Labute approximate surface area is 357 Å². The maximum Gasteiger partial charge on any atom is 0.266 e. The lowest BCUT2D eigenvalue weighted by molar-refractivity contribution is 0.792. The van der Waals surface area contributed by atoms with Crippen molar-refractivity contribution in [3.63, 3.8) is 0 Å². The van der Waals surface area contributed by atoms with Crippen LogP contribution in [0.25, 0.3) is 97.9 Å². The Morgan fingerprint density at radius 3 is 1.18 bits per heavy atom. The molecular formula is C56H46N2O4. The molecule has 6 nitrogen and oxygen atoms in total. The maximum atomic E-state index is 15.3. The average molecular weight is 811 g/mol. The molecule has 2 heterocycles. The van der Waals surface area contributed by atoms with E-state index in [9.17, 15) is 0 Å². The molecule has 11 aromatic rings. The van der Waals surface area contributed by atoms with Gasteiger partial charge in [-0.1, -0.05) is 134 Å². The minimum atomic E-state index is -0.342. The third-order valence-corrected chi connectivity index (χ3v) is 13.7. The van der Waals surface area contributed by atoms with Crippen LogP contribution in [0, 0.1) is 0 Å². The molecule has 0 saturated heterocycles. The molecule has 0 aliphatic rings. The van der Waals surface area contributed by atoms with E-state index in [1.807, 2.05) is 91.0 Å². The first kappa shape index (κ1) is 38.0. The molecule has 62 heavy (non-hydrogen) atoms. The zero-order valence-corrected chi connectivity index (χ0v) is 36.2. The van der Waals surface area contributed by atoms with Crippen molar-refractivity contribution >= 4 is 75.4 Å². The highest BCUT2D eigenvalue weighted by Gasteiger charge is 2.30. The minimum Gasteiger partial charge on any atom is -0.268 e. The van der Waals surface area contributed by atoms with Gasteiger partial charge in [-0.15, -0.1) is 0 Å². The summed E-state index contributed by atoms with van der Waals surface area (Å²) in [5, 5.41) is 10.2. The van der Waals surface area contributed by atoms with Crippen molar-refractivity contribution in [3.8, 4) is 22.5 Å². The number of aromatic nitrogens is 2. The summed E-state index contributed by atoms with van der Waals surface area (Å²) in [7, 11) is 0. The third-order valence-electron chi connectivity index (χ3n) is 13.7. The average Bonchev–Trinajstić information content (AvgIpc) is 3.26. The molecule has 6 heteroatoms. The van der Waals surface area contributed by atoms with Crippen LogP contribution in [0.2, 0.25) is 0 Å². The summed E-state index contributed by atoms with van der Waals surface area (Å²) in [5.74, 6) is 0.284. The van der Waals surface area contributed by atoms with Gasteiger partial charge < -0.3 is 0 Å². The normalized spacial score (nSPS) is 12.7. The van der Waals surface area contributed by atoms with Gasteiger partial charge in [-0.25, -0.2) is 9.13 Å². The molecule has 0 radical (unpaired) electrons. The molecule has 0 N–H and O–H groups in total. The number of hydrogen-bond acceptors (Lipinski definition) is 4. The molecule has 11 rings (SSSR count). The van der Waals surface area contributed by atoms with E-state index in [0.717, 1.165) is 76.5 Å². The third kappa shape index (κ3) is 4.92. The van der Waals surface area contributed by atoms with Gasteiger partial charge in [0.05, 0.1) is 11.4 Å². The van der Waals surface area contributed by atoms with E-state index in [0.29, 0.717) is 43.7 Å². The maximum absolute atomic E-state index is 15.3. The first-order chi connectivity index (χ1) is 29.8. The van der Waals surface area contributed by atoms with E-state index < -0.39 is 0 Å². The highest BCUT2D eigenvalue weighted by atomic mass is 16.2. The summed E-state index contributed by atoms with van der Waals surface area (Å²) in [6.07, 6.45) is 0. The number of benzene rings is 9. The summed E-state index contributed by atoms with van der Waals surface area (Å²) in [5.41, 5.74) is 5.67. The largest absolute Gasteiger partial charge is 0.268 e. The van der Waals surface area contributed by atoms with Crippen molar-refractivity contribution in [1.82, 2.24) is 9.13 Å². The van der Waals surface area contributed by atoms with E-state index in [4.69, 9.17) is 0 Å². The second-order valence-corrected chi connectivity index (χ2v) is 18.6. The quantitative estimate of drug-likeness (QED) is 0.119. The Morgan fingerprint density at radius 2 is 0.726 bits per heavy atom. The fourth-order valence-corrected chi connectivity index (χ4v) is 10.9. The molecule has 0 atom stereocenters. The van der Waals surface area contributed by atoms with Crippen molar-refractivity contribution in [2.75, 3.05) is 0 Å².